The maximum Gasteiger partial charge on any atom is 0.261 e. The molecule has 0 radical (unpaired) electrons. The van der Waals surface area contributed by atoms with Crippen molar-refractivity contribution < 1.29 is 13.2 Å². The number of pyridine rings is 1. The zero-order valence-electron chi connectivity index (χ0n) is 19.0. The van der Waals surface area contributed by atoms with E-state index in [0.29, 0.717) is 42.2 Å². The third kappa shape index (κ3) is 4.32. The zero-order valence-corrected chi connectivity index (χ0v) is 19.9. The third-order valence-electron chi connectivity index (χ3n) is 6.01. The SMILES string of the molecule is C=NC[C@H]1CCOC[C@@H]1n1nc(Nc2ccc(S(=O)(=O)C(C)(C)C)cc2)c2c(=O)[nH]ccc21. The van der Waals surface area contributed by atoms with E-state index in [1.54, 1.807) is 51.2 Å². The summed E-state index contributed by atoms with van der Waals surface area (Å²) in [4.78, 5) is 19.7. The first kappa shape index (κ1) is 23.2. The molecule has 3 heterocycles. The summed E-state index contributed by atoms with van der Waals surface area (Å²) in [7, 11) is -3.46. The number of H-pyrrole nitrogens is 1. The van der Waals surface area contributed by atoms with E-state index in [2.05, 4.69) is 22.0 Å². The first-order valence-corrected chi connectivity index (χ1v) is 12.3. The number of nitrogens with one attached hydrogen (secondary N) is 2. The molecule has 2 N–H and O–H groups in total. The molecule has 1 fully saturated rings. The number of benzene rings is 1. The van der Waals surface area contributed by atoms with Crippen LogP contribution >= 0.6 is 0 Å². The second kappa shape index (κ2) is 8.75. The predicted octanol–water partition coefficient (Wildman–Crippen LogP) is 3.32. The van der Waals surface area contributed by atoms with Crippen molar-refractivity contribution in [1.29, 1.82) is 0 Å². The van der Waals surface area contributed by atoms with Gasteiger partial charge in [0.15, 0.2) is 15.7 Å². The van der Waals surface area contributed by atoms with Gasteiger partial charge in [0.25, 0.3) is 5.56 Å². The summed E-state index contributed by atoms with van der Waals surface area (Å²) in [5.41, 5.74) is 1.06. The predicted molar refractivity (Wildman–Crippen MR) is 129 cm³/mol. The van der Waals surface area contributed by atoms with E-state index in [-0.39, 0.29) is 22.4 Å². The van der Waals surface area contributed by atoms with Gasteiger partial charge in [-0.3, -0.25) is 9.48 Å². The molecule has 0 aliphatic carbocycles. The summed E-state index contributed by atoms with van der Waals surface area (Å²) in [6.45, 7) is 10.4. The Labute approximate surface area is 192 Å². The molecule has 0 spiro atoms. The Morgan fingerprint density at radius 1 is 1.27 bits per heavy atom. The number of fused-ring (bicyclic) bond motifs is 1. The molecule has 1 saturated heterocycles. The molecule has 0 unspecified atom stereocenters. The third-order valence-corrected chi connectivity index (χ3v) is 8.51. The molecule has 1 aliphatic heterocycles. The van der Waals surface area contributed by atoms with E-state index < -0.39 is 14.6 Å². The normalized spacial score (nSPS) is 19.5. The highest BCUT2D eigenvalue weighted by atomic mass is 32.2. The molecule has 9 nitrogen and oxygen atoms in total. The van der Waals surface area contributed by atoms with Crippen LogP contribution in [-0.2, 0) is 14.6 Å². The Balaban J connectivity index is 1.72. The van der Waals surface area contributed by atoms with Crippen molar-refractivity contribution in [3.05, 3.63) is 46.9 Å². The van der Waals surface area contributed by atoms with E-state index in [1.165, 1.54) is 0 Å². The second-order valence-corrected chi connectivity index (χ2v) is 11.9. The number of aromatic nitrogens is 3. The number of anilines is 2. The molecule has 33 heavy (non-hydrogen) atoms. The maximum absolute atomic E-state index is 12.7. The monoisotopic (exact) mass is 471 g/mol. The van der Waals surface area contributed by atoms with Gasteiger partial charge in [-0.1, -0.05) is 0 Å². The first-order chi connectivity index (χ1) is 15.6. The molecule has 0 amide bonds. The molecule has 2 atom stereocenters. The van der Waals surface area contributed by atoms with Gasteiger partial charge in [0.05, 0.1) is 27.8 Å². The van der Waals surface area contributed by atoms with Crippen molar-refractivity contribution in [2.45, 2.75) is 42.9 Å². The Hall–Kier alpha value is -2.98. The fourth-order valence-electron chi connectivity index (χ4n) is 4.06. The summed E-state index contributed by atoms with van der Waals surface area (Å²) in [5, 5.41) is 8.36. The molecule has 10 heteroatoms. The molecular formula is C23H29N5O4S. The number of aromatic amines is 1. The van der Waals surface area contributed by atoms with Gasteiger partial charge in [-0.05, 0) is 64.2 Å². The average molecular weight is 472 g/mol. The van der Waals surface area contributed by atoms with Gasteiger partial charge >= 0.3 is 0 Å². The van der Waals surface area contributed by atoms with Crippen LogP contribution in [0.25, 0.3) is 10.9 Å². The Morgan fingerprint density at radius 3 is 2.67 bits per heavy atom. The van der Waals surface area contributed by atoms with Gasteiger partial charge in [-0.2, -0.15) is 5.10 Å². The minimum absolute atomic E-state index is 0.0802. The van der Waals surface area contributed by atoms with Gasteiger partial charge in [0, 0.05) is 31.0 Å². The van der Waals surface area contributed by atoms with Crippen LogP contribution in [0.1, 0.15) is 33.2 Å². The highest BCUT2D eigenvalue weighted by Crippen LogP contribution is 2.33. The lowest BCUT2D eigenvalue weighted by atomic mass is 9.95. The van der Waals surface area contributed by atoms with Gasteiger partial charge in [0.2, 0.25) is 0 Å². The number of nitrogens with zero attached hydrogens (tertiary/aromatic N) is 3. The van der Waals surface area contributed by atoms with Gasteiger partial charge < -0.3 is 20.0 Å². The van der Waals surface area contributed by atoms with Crippen LogP contribution in [0.5, 0.6) is 0 Å². The molecule has 4 rings (SSSR count). The van der Waals surface area contributed by atoms with Crippen LogP contribution in [-0.4, -0.2) is 54.4 Å². The fraction of sp³-hybridized carbons (Fsp3) is 0.435. The van der Waals surface area contributed by atoms with E-state index in [4.69, 9.17) is 9.84 Å². The molecular weight excluding hydrogens is 442 g/mol. The fourth-order valence-corrected chi connectivity index (χ4v) is 5.27. The maximum atomic E-state index is 12.7. The van der Waals surface area contributed by atoms with E-state index in [1.807, 2.05) is 10.7 Å². The highest BCUT2D eigenvalue weighted by molar-refractivity contribution is 7.92. The van der Waals surface area contributed by atoms with Crippen LogP contribution < -0.4 is 10.9 Å². The van der Waals surface area contributed by atoms with Crippen LogP contribution in [0.3, 0.4) is 0 Å². The number of ether oxygens (including phenoxy) is 1. The van der Waals surface area contributed by atoms with Crippen molar-refractivity contribution in [3.63, 3.8) is 0 Å². The lowest BCUT2D eigenvalue weighted by molar-refractivity contribution is 0.0227. The average Bonchev–Trinajstić information content (AvgIpc) is 3.13. The highest BCUT2D eigenvalue weighted by Gasteiger charge is 2.31. The number of rotatable bonds is 6. The Morgan fingerprint density at radius 2 is 2.00 bits per heavy atom. The molecule has 2 aromatic heterocycles. The van der Waals surface area contributed by atoms with Crippen molar-refractivity contribution in [1.82, 2.24) is 14.8 Å². The van der Waals surface area contributed by atoms with E-state index >= 15 is 0 Å². The number of hydrogen-bond acceptors (Lipinski definition) is 7. The Kier molecular flexibility index (Phi) is 6.15. The van der Waals surface area contributed by atoms with Gasteiger partial charge in [-0.25, -0.2) is 8.42 Å². The van der Waals surface area contributed by atoms with Crippen LogP contribution in [0.4, 0.5) is 11.5 Å². The molecule has 1 aromatic carbocycles. The van der Waals surface area contributed by atoms with Gasteiger partial charge in [-0.15, -0.1) is 0 Å². The van der Waals surface area contributed by atoms with Crippen molar-refractivity contribution >= 4 is 39.0 Å². The lowest BCUT2D eigenvalue weighted by Gasteiger charge is -2.31. The van der Waals surface area contributed by atoms with Crippen LogP contribution in [0, 0.1) is 5.92 Å². The number of hydrogen-bond donors (Lipinski definition) is 2. The van der Waals surface area contributed by atoms with Crippen molar-refractivity contribution in [2.75, 3.05) is 25.1 Å². The smallest absolute Gasteiger partial charge is 0.261 e. The quantitative estimate of drug-likeness (QED) is 0.533. The van der Waals surface area contributed by atoms with Crippen LogP contribution in [0.2, 0.25) is 0 Å². The van der Waals surface area contributed by atoms with Crippen molar-refractivity contribution in [3.8, 4) is 0 Å². The lowest BCUT2D eigenvalue weighted by Crippen LogP contribution is -2.32. The summed E-state index contributed by atoms with van der Waals surface area (Å²) in [5.74, 6) is 0.600. The van der Waals surface area contributed by atoms with E-state index in [0.717, 1.165) is 6.42 Å². The van der Waals surface area contributed by atoms with Crippen molar-refractivity contribution in [2.24, 2.45) is 10.9 Å². The molecule has 1 aliphatic rings. The summed E-state index contributed by atoms with van der Waals surface area (Å²) >= 11 is 0. The minimum atomic E-state index is -3.46. The summed E-state index contributed by atoms with van der Waals surface area (Å²) < 4.78 is 32.0. The summed E-state index contributed by atoms with van der Waals surface area (Å²) in [6, 6.07) is 8.22. The first-order valence-electron chi connectivity index (χ1n) is 10.9. The topological polar surface area (TPSA) is 118 Å². The standard InChI is InChI=1S/C23H29N5O4S/c1-23(2,3)33(30,31)17-7-5-16(6-8-17)26-21-20-18(9-11-25-22(20)29)28(27-21)19-14-32-12-10-15(19)13-24-4/h5-9,11,15,19H,4,10,12-14H2,1-3H3,(H,25,29)(H,26,27)/t15-,19+/m1/s1. The molecule has 0 bridgehead atoms. The second-order valence-electron chi connectivity index (χ2n) is 9.22. The minimum Gasteiger partial charge on any atom is -0.379 e. The molecule has 0 saturated carbocycles. The summed E-state index contributed by atoms with van der Waals surface area (Å²) in [6.07, 6.45) is 2.43. The molecule has 3 aromatic rings. The zero-order chi connectivity index (χ0) is 23.8. The van der Waals surface area contributed by atoms with Crippen LogP contribution in [0.15, 0.2) is 51.2 Å². The van der Waals surface area contributed by atoms with Gasteiger partial charge in [0.1, 0.15) is 5.39 Å². The van der Waals surface area contributed by atoms with E-state index in [9.17, 15) is 13.2 Å². The number of sulfone groups is 1. The molecule has 176 valence electrons. The largest absolute Gasteiger partial charge is 0.379 e. The number of aliphatic imine (C=N–C) groups is 1. The Bertz CT molecular complexity index is 1320.